The monoisotopic (exact) mass is 280 g/mol. The van der Waals surface area contributed by atoms with E-state index < -0.39 is 0 Å². The van der Waals surface area contributed by atoms with E-state index in [-0.39, 0.29) is 0 Å². The van der Waals surface area contributed by atoms with Crippen molar-refractivity contribution >= 4 is 17.2 Å². The number of unbranched alkanes of at least 4 members (excludes halogenated alkanes) is 2. The highest BCUT2D eigenvalue weighted by Crippen LogP contribution is 2.15. The predicted octanol–water partition coefficient (Wildman–Crippen LogP) is 2.80. The maximum Gasteiger partial charge on any atom is 0.222 e. The summed E-state index contributed by atoms with van der Waals surface area (Å²) >= 11 is 1.82. The first kappa shape index (κ1) is 14.5. The smallest absolute Gasteiger partial charge is 0.222 e. The van der Waals surface area contributed by atoms with Crippen LogP contribution in [-0.2, 0) is 11.2 Å². The molecular weight excluding hydrogens is 256 g/mol. The number of amides is 1. The lowest BCUT2D eigenvalue weighted by molar-refractivity contribution is -0.132. The summed E-state index contributed by atoms with van der Waals surface area (Å²) < 4.78 is 0. The zero-order valence-electron chi connectivity index (χ0n) is 11.5. The summed E-state index contributed by atoms with van der Waals surface area (Å²) in [7, 11) is 0. The largest absolute Gasteiger partial charge is 0.343 e. The number of hydrogen-bond donors (Lipinski definition) is 1. The number of hydrogen-bond acceptors (Lipinski definition) is 3. The van der Waals surface area contributed by atoms with E-state index in [0.29, 0.717) is 18.4 Å². The van der Waals surface area contributed by atoms with Gasteiger partial charge in [-0.1, -0.05) is 12.5 Å². The van der Waals surface area contributed by atoms with Crippen LogP contribution in [0.5, 0.6) is 0 Å². The Kier molecular flexibility index (Phi) is 5.86. The maximum absolute atomic E-state index is 12.0. The average Bonchev–Trinajstić information content (AvgIpc) is 2.92. The molecule has 0 spiro atoms. The Morgan fingerprint density at radius 2 is 2.11 bits per heavy atom. The fourth-order valence-electron chi connectivity index (χ4n) is 2.51. The van der Waals surface area contributed by atoms with Gasteiger partial charge in [-0.15, -0.1) is 11.3 Å². The van der Waals surface area contributed by atoms with Crippen LogP contribution in [0.2, 0.25) is 0 Å². The molecule has 1 aromatic rings. The second-order valence-corrected chi connectivity index (χ2v) is 6.39. The molecule has 1 amide bonds. The topological polar surface area (TPSA) is 46.3 Å². The van der Waals surface area contributed by atoms with E-state index in [0.717, 1.165) is 45.2 Å². The van der Waals surface area contributed by atoms with Crippen molar-refractivity contribution in [3.8, 4) is 0 Å². The van der Waals surface area contributed by atoms with Gasteiger partial charge in [0.2, 0.25) is 5.91 Å². The molecule has 1 aliphatic rings. The van der Waals surface area contributed by atoms with Gasteiger partial charge >= 0.3 is 0 Å². The number of piperidine rings is 1. The second-order valence-electron chi connectivity index (χ2n) is 5.36. The van der Waals surface area contributed by atoms with E-state index >= 15 is 0 Å². The van der Waals surface area contributed by atoms with Gasteiger partial charge in [0.25, 0.3) is 0 Å². The van der Waals surface area contributed by atoms with Gasteiger partial charge in [0.05, 0.1) is 0 Å². The lowest BCUT2D eigenvalue weighted by Gasteiger charge is -2.30. The third kappa shape index (κ3) is 4.96. The Morgan fingerprint density at radius 3 is 2.79 bits per heavy atom. The molecule has 1 fully saturated rings. The quantitative estimate of drug-likeness (QED) is 0.814. The summed E-state index contributed by atoms with van der Waals surface area (Å²) in [5.41, 5.74) is 5.85. The molecule has 2 N–H and O–H groups in total. The van der Waals surface area contributed by atoms with Crippen LogP contribution in [0, 0.1) is 0 Å². The minimum atomic E-state index is 0.301. The number of nitrogens with zero attached hydrogens (tertiary/aromatic N) is 1. The molecule has 0 saturated carbocycles. The van der Waals surface area contributed by atoms with Gasteiger partial charge in [-0.3, -0.25) is 4.79 Å². The third-order valence-electron chi connectivity index (χ3n) is 3.79. The van der Waals surface area contributed by atoms with E-state index in [4.69, 9.17) is 5.73 Å². The minimum Gasteiger partial charge on any atom is -0.343 e. The Bertz CT molecular complexity index is 370. The van der Waals surface area contributed by atoms with Gasteiger partial charge in [0.15, 0.2) is 0 Å². The molecule has 0 aliphatic carbocycles. The number of carbonyl (C=O) groups is 1. The fourth-order valence-corrected chi connectivity index (χ4v) is 3.27. The van der Waals surface area contributed by atoms with Crippen molar-refractivity contribution in [2.45, 2.75) is 51.0 Å². The molecule has 19 heavy (non-hydrogen) atoms. The highest BCUT2D eigenvalue weighted by Gasteiger charge is 2.19. The third-order valence-corrected chi connectivity index (χ3v) is 4.72. The summed E-state index contributed by atoms with van der Waals surface area (Å²) in [4.78, 5) is 15.4. The van der Waals surface area contributed by atoms with Gasteiger partial charge in [-0.2, -0.15) is 0 Å². The van der Waals surface area contributed by atoms with Gasteiger partial charge in [-0.05, 0) is 43.6 Å². The first-order valence-corrected chi connectivity index (χ1v) is 8.19. The molecular formula is C15H24N2OS. The molecule has 0 atom stereocenters. The van der Waals surface area contributed by atoms with Crippen molar-refractivity contribution in [3.63, 3.8) is 0 Å². The van der Waals surface area contributed by atoms with Crippen LogP contribution in [-0.4, -0.2) is 29.9 Å². The highest BCUT2D eigenvalue weighted by molar-refractivity contribution is 7.09. The lowest BCUT2D eigenvalue weighted by atomic mass is 10.0. The summed E-state index contributed by atoms with van der Waals surface area (Å²) in [5, 5.41) is 2.12. The zero-order valence-corrected chi connectivity index (χ0v) is 12.3. The SMILES string of the molecule is NC1CCN(C(=O)CCCCCc2cccs2)CC1. The molecule has 1 aromatic heterocycles. The lowest BCUT2D eigenvalue weighted by Crippen LogP contribution is -2.42. The van der Waals surface area contributed by atoms with Gasteiger partial charge in [-0.25, -0.2) is 0 Å². The average molecular weight is 280 g/mol. The Labute approximate surface area is 119 Å². The maximum atomic E-state index is 12.0. The molecule has 0 radical (unpaired) electrons. The Morgan fingerprint density at radius 1 is 1.32 bits per heavy atom. The molecule has 2 rings (SSSR count). The van der Waals surface area contributed by atoms with Crippen LogP contribution in [0.1, 0.15) is 43.4 Å². The van der Waals surface area contributed by atoms with Crippen LogP contribution in [0.4, 0.5) is 0 Å². The number of thiophene rings is 1. The first-order chi connectivity index (χ1) is 9.25. The number of nitrogens with two attached hydrogens (primary N) is 1. The van der Waals surface area contributed by atoms with Crippen LogP contribution in [0.15, 0.2) is 17.5 Å². The molecule has 0 aromatic carbocycles. The summed E-state index contributed by atoms with van der Waals surface area (Å²) in [6, 6.07) is 4.59. The molecule has 3 nitrogen and oxygen atoms in total. The minimum absolute atomic E-state index is 0.301. The first-order valence-electron chi connectivity index (χ1n) is 7.31. The number of likely N-dealkylation sites (tertiary alicyclic amines) is 1. The number of aryl methyl sites for hydroxylation is 1. The van der Waals surface area contributed by atoms with E-state index in [1.54, 1.807) is 0 Å². The molecule has 1 aliphatic heterocycles. The summed E-state index contributed by atoms with van der Waals surface area (Å²) in [6.45, 7) is 1.71. The standard InChI is InChI=1S/C15H24N2OS/c16-13-8-10-17(11-9-13)15(18)7-3-1-2-5-14-6-4-12-19-14/h4,6,12-13H,1-3,5,7-11,16H2. The van der Waals surface area contributed by atoms with Crippen molar-refractivity contribution in [1.82, 2.24) is 4.90 Å². The van der Waals surface area contributed by atoms with Crippen molar-refractivity contribution < 1.29 is 4.79 Å². The fraction of sp³-hybridized carbons (Fsp3) is 0.667. The number of rotatable bonds is 6. The van der Waals surface area contributed by atoms with Crippen molar-refractivity contribution in [1.29, 1.82) is 0 Å². The summed E-state index contributed by atoms with van der Waals surface area (Å²) in [6.07, 6.45) is 7.15. The predicted molar refractivity (Wildman–Crippen MR) is 80.3 cm³/mol. The second kappa shape index (κ2) is 7.65. The van der Waals surface area contributed by atoms with Gasteiger partial charge in [0.1, 0.15) is 0 Å². The molecule has 4 heteroatoms. The van der Waals surface area contributed by atoms with Crippen LogP contribution in [0.25, 0.3) is 0 Å². The summed E-state index contributed by atoms with van der Waals surface area (Å²) in [5.74, 6) is 0.322. The van der Waals surface area contributed by atoms with Crippen LogP contribution >= 0.6 is 11.3 Å². The van der Waals surface area contributed by atoms with E-state index in [1.165, 1.54) is 11.3 Å². The van der Waals surface area contributed by atoms with E-state index in [1.807, 2.05) is 16.2 Å². The van der Waals surface area contributed by atoms with Gasteiger partial charge in [0, 0.05) is 30.4 Å². The van der Waals surface area contributed by atoms with Crippen molar-refractivity contribution in [3.05, 3.63) is 22.4 Å². The molecule has 0 unspecified atom stereocenters. The van der Waals surface area contributed by atoms with Crippen molar-refractivity contribution in [2.24, 2.45) is 5.73 Å². The normalized spacial score (nSPS) is 16.8. The van der Waals surface area contributed by atoms with Gasteiger partial charge < -0.3 is 10.6 Å². The Balaban J connectivity index is 1.54. The number of carbonyl (C=O) groups excluding carboxylic acids is 1. The molecule has 1 saturated heterocycles. The molecule has 2 heterocycles. The molecule has 106 valence electrons. The van der Waals surface area contributed by atoms with E-state index in [2.05, 4.69) is 17.5 Å². The Hall–Kier alpha value is -0.870. The molecule has 0 bridgehead atoms. The highest BCUT2D eigenvalue weighted by atomic mass is 32.1. The van der Waals surface area contributed by atoms with Crippen LogP contribution < -0.4 is 5.73 Å². The van der Waals surface area contributed by atoms with Crippen LogP contribution in [0.3, 0.4) is 0 Å². The zero-order chi connectivity index (χ0) is 13.5. The van der Waals surface area contributed by atoms with E-state index in [9.17, 15) is 4.79 Å². The van der Waals surface area contributed by atoms with Crippen molar-refractivity contribution in [2.75, 3.05) is 13.1 Å².